The highest BCUT2D eigenvalue weighted by atomic mass is 32.1. The van der Waals surface area contributed by atoms with Crippen LogP contribution in [0.3, 0.4) is 0 Å². The minimum atomic E-state index is -0.336. The van der Waals surface area contributed by atoms with Crippen molar-refractivity contribution in [2.24, 2.45) is 5.41 Å². The molecule has 0 saturated heterocycles. The lowest BCUT2D eigenvalue weighted by Crippen LogP contribution is -2.38. The van der Waals surface area contributed by atoms with E-state index in [4.69, 9.17) is 0 Å². The van der Waals surface area contributed by atoms with Crippen LogP contribution in [0, 0.1) is 5.41 Å². The van der Waals surface area contributed by atoms with Crippen LogP contribution in [0.25, 0.3) is 0 Å². The van der Waals surface area contributed by atoms with E-state index in [2.05, 4.69) is 24.9 Å². The molecule has 0 bridgehead atoms. The summed E-state index contributed by atoms with van der Waals surface area (Å²) < 4.78 is 0. The number of hydrogen-bond acceptors (Lipinski definition) is 2. The van der Waals surface area contributed by atoms with Crippen molar-refractivity contribution in [2.45, 2.75) is 33.6 Å². The summed E-state index contributed by atoms with van der Waals surface area (Å²) in [6.07, 6.45) is 2.16. The van der Waals surface area contributed by atoms with Gasteiger partial charge in [0.25, 0.3) is 0 Å². The maximum atomic E-state index is 11.4. The first-order chi connectivity index (χ1) is 5.54. The van der Waals surface area contributed by atoms with Gasteiger partial charge < -0.3 is 5.32 Å². The largest absolute Gasteiger partial charge is 0.356 e. The maximum absolute atomic E-state index is 11.4. The number of carbonyl (C=O) groups excluding carboxylic acids is 1. The molecule has 0 aliphatic heterocycles. The van der Waals surface area contributed by atoms with Gasteiger partial charge in [0.05, 0.1) is 5.41 Å². The highest BCUT2D eigenvalue weighted by Crippen LogP contribution is 2.16. The predicted octanol–water partition coefficient (Wildman–Crippen LogP) is 1.86. The van der Waals surface area contributed by atoms with E-state index in [9.17, 15) is 4.79 Å². The van der Waals surface area contributed by atoms with Gasteiger partial charge in [-0.3, -0.25) is 4.79 Å². The summed E-state index contributed by atoms with van der Waals surface area (Å²) in [5.74, 6) is 0.691. The second-order valence-corrected chi connectivity index (χ2v) is 3.97. The number of amides is 1. The second-order valence-electron chi connectivity index (χ2n) is 3.65. The Bertz CT molecular complexity index is 145. The number of thiol groups is 1. The predicted molar refractivity (Wildman–Crippen MR) is 55.6 cm³/mol. The van der Waals surface area contributed by atoms with Gasteiger partial charge in [-0.25, -0.2) is 0 Å². The van der Waals surface area contributed by atoms with E-state index in [-0.39, 0.29) is 11.3 Å². The molecule has 0 saturated carbocycles. The summed E-state index contributed by atoms with van der Waals surface area (Å²) in [7, 11) is 0. The summed E-state index contributed by atoms with van der Waals surface area (Å²) in [5.41, 5.74) is -0.336. The molecule has 0 fully saturated rings. The monoisotopic (exact) mass is 189 g/mol. The van der Waals surface area contributed by atoms with Crippen molar-refractivity contribution >= 4 is 18.5 Å². The first kappa shape index (κ1) is 11.8. The lowest BCUT2D eigenvalue weighted by Gasteiger charge is -2.20. The third-order valence-electron chi connectivity index (χ3n) is 1.83. The van der Waals surface area contributed by atoms with Crippen molar-refractivity contribution in [3.05, 3.63) is 0 Å². The quantitative estimate of drug-likeness (QED) is 0.501. The van der Waals surface area contributed by atoms with E-state index in [0.717, 1.165) is 19.4 Å². The van der Waals surface area contributed by atoms with Crippen LogP contribution in [-0.2, 0) is 4.79 Å². The van der Waals surface area contributed by atoms with Crippen molar-refractivity contribution in [1.29, 1.82) is 0 Å². The number of hydrogen-bond donors (Lipinski definition) is 2. The van der Waals surface area contributed by atoms with E-state index >= 15 is 0 Å². The minimum absolute atomic E-state index is 0.103. The Kier molecular flexibility index (Phi) is 5.38. The van der Waals surface area contributed by atoms with Crippen molar-refractivity contribution in [1.82, 2.24) is 5.32 Å². The molecule has 0 heterocycles. The molecule has 72 valence electrons. The van der Waals surface area contributed by atoms with Gasteiger partial charge in [-0.1, -0.05) is 27.2 Å². The Morgan fingerprint density at radius 3 is 2.50 bits per heavy atom. The number of rotatable bonds is 5. The molecule has 0 aliphatic carbocycles. The van der Waals surface area contributed by atoms with E-state index < -0.39 is 0 Å². The molecule has 0 aliphatic rings. The smallest absolute Gasteiger partial charge is 0.226 e. The van der Waals surface area contributed by atoms with Crippen molar-refractivity contribution in [3.8, 4) is 0 Å². The molecule has 0 spiro atoms. The Morgan fingerprint density at radius 1 is 1.50 bits per heavy atom. The molecular weight excluding hydrogens is 170 g/mol. The molecule has 0 aromatic rings. The fraction of sp³-hybridized carbons (Fsp3) is 0.889. The number of carbonyl (C=O) groups is 1. The van der Waals surface area contributed by atoms with E-state index in [1.807, 2.05) is 13.8 Å². The summed E-state index contributed by atoms with van der Waals surface area (Å²) in [5, 5.41) is 2.89. The van der Waals surface area contributed by atoms with Crippen molar-refractivity contribution in [3.63, 3.8) is 0 Å². The molecular formula is C9H19NOS. The highest BCUT2D eigenvalue weighted by Gasteiger charge is 2.24. The fourth-order valence-corrected chi connectivity index (χ4v) is 0.833. The number of nitrogens with one attached hydrogen (secondary N) is 1. The van der Waals surface area contributed by atoms with Gasteiger partial charge >= 0.3 is 0 Å². The summed E-state index contributed by atoms with van der Waals surface area (Å²) in [4.78, 5) is 11.4. The Balaban J connectivity index is 3.72. The van der Waals surface area contributed by atoms with Crippen LogP contribution < -0.4 is 5.32 Å². The van der Waals surface area contributed by atoms with Crippen LogP contribution in [0.15, 0.2) is 0 Å². The lowest BCUT2D eigenvalue weighted by atomic mass is 9.95. The fourth-order valence-electron chi connectivity index (χ4n) is 0.690. The number of unbranched alkanes of at least 4 members (excludes halogenated alkanes) is 1. The van der Waals surface area contributed by atoms with Crippen molar-refractivity contribution in [2.75, 3.05) is 12.3 Å². The van der Waals surface area contributed by atoms with Crippen LogP contribution in [0.1, 0.15) is 33.6 Å². The molecule has 12 heavy (non-hydrogen) atoms. The van der Waals surface area contributed by atoms with Crippen molar-refractivity contribution < 1.29 is 4.79 Å². The Morgan fingerprint density at radius 2 is 2.08 bits per heavy atom. The third kappa shape index (κ3) is 4.00. The molecule has 0 unspecified atom stereocenters. The minimum Gasteiger partial charge on any atom is -0.356 e. The molecule has 1 amide bonds. The van der Waals surface area contributed by atoms with Gasteiger partial charge in [-0.05, 0) is 6.42 Å². The van der Waals surface area contributed by atoms with Gasteiger partial charge in [-0.2, -0.15) is 12.6 Å². The summed E-state index contributed by atoms with van der Waals surface area (Å²) in [6, 6.07) is 0. The molecule has 0 rings (SSSR count). The van der Waals surface area contributed by atoms with Crippen LogP contribution in [0.2, 0.25) is 0 Å². The molecule has 0 radical (unpaired) electrons. The molecule has 0 aromatic carbocycles. The second kappa shape index (κ2) is 5.46. The first-order valence-electron chi connectivity index (χ1n) is 4.43. The van der Waals surface area contributed by atoms with Crippen LogP contribution in [0.4, 0.5) is 0 Å². The van der Waals surface area contributed by atoms with Gasteiger partial charge in [0.15, 0.2) is 0 Å². The normalized spacial score (nSPS) is 11.3. The molecule has 0 atom stereocenters. The standard InChI is InChI=1S/C9H19NOS/c1-4-5-6-10-8(11)9(2,3)7-12/h12H,4-7H2,1-3H3,(H,10,11). The lowest BCUT2D eigenvalue weighted by molar-refractivity contribution is -0.128. The van der Waals surface area contributed by atoms with E-state index in [0.29, 0.717) is 5.75 Å². The summed E-state index contributed by atoms with van der Waals surface area (Å²) >= 11 is 4.12. The van der Waals surface area contributed by atoms with E-state index in [1.165, 1.54) is 0 Å². The topological polar surface area (TPSA) is 29.1 Å². The van der Waals surface area contributed by atoms with Gasteiger partial charge in [0.1, 0.15) is 0 Å². The first-order valence-corrected chi connectivity index (χ1v) is 5.07. The Labute approximate surface area is 80.5 Å². The third-order valence-corrected chi connectivity index (χ3v) is 2.62. The zero-order chi connectivity index (χ0) is 9.61. The molecule has 3 heteroatoms. The average molecular weight is 189 g/mol. The van der Waals surface area contributed by atoms with Gasteiger partial charge in [-0.15, -0.1) is 0 Å². The highest BCUT2D eigenvalue weighted by molar-refractivity contribution is 7.80. The molecule has 2 nitrogen and oxygen atoms in total. The summed E-state index contributed by atoms with van der Waals surface area (Å²) in [6.45, 7) is 6.70. The zero-order valence-electron chi connectivity index (χ0n) is 8.18. The van der Waals surface area contributed by atoms with Gasteiger partial charge in [0, 0.05) is 12.3 Å². The van der Waals surface area contributed by atoms with E-state index in [1.54, 1.807) is 0 Å². The molecule has 0 aromatic heterocycles. The SMILES string of the molecule is CCCCNC(=O)C(C)(C)CS. The maximum Gasteiger partial charge on any atom is 0.226 e. The van der Waals surface area contributed by atoms with Crippen LogP contribution >= 0.6 is 12.6 Å². The average Bonchev–Trinajstić information content (AvgIpc) is 2.05. The van der Waals surface area contributed by atoms with Gasteiger partial charge in [0.2, 0.25) is 5.91 Å². The van der Waals surface area contributed by atoms with Crippen LogP contribution in [-0.4, -0.2) is 18.2 Å². The zero-order valence-corrected chi connectivity index (χ0v) is 9.08. The molecule has 1 N–H and O–H groups in total. The van der Waals surface area contributed by atoms with Crippen LogP contribution in [0.5, 0.6) is 0 Å². The Hall–Kier alpha value is -0.180.